The van der Waals surface area contributed by atoms with E-state index < -0.39 is 0 Å². The maximum Gasteiger partial charge on any atom is 0.223 e. The molecule has 0 bridgehead atoms. The number of aromatic nitrogens is 5. The van der Waals surface area contributed by atoms with Gasteiger partial charge in [0, 0.05) is 54.9 Å². The molecule has 0 amide bonds. The summed E-state index contributed by atoms with van der Waals surface area (Å²) in [4.78, 5) is 14.7. The van der Waals surface area contributed by atoms with E-state index in [4.69, 9.17) is 0 Å². The first-order valence-electron chi connectivity index (χ1n) is 9.96. The van der Waals surface area contributed by atoms with Gasteiger partial charge in [0.15, 0.2) is 0 Å². The average molecular weight is 393 g/mol. The molecule has 0 aromatic carbocycles. The first-order valence-corrected chi connectivity index (χ1v) is 9.96. The van der Waals surface area contributed by atoms with Crippen molar-refractivity contribution < 1.29 is 0 Å². The van der Waals surface area contributed by atoms with Crippen LogP contribution in [-0.2, 0) is 13.0 Å². The molecule has 0 saturated heterocycles. The molecular weight excluding hydrogens is 364 g/mol. The summed E-state index contributed by atoms with van der Waals surface area (Å²) in [5, 5.41) is 11.1. The Kier molecular flexibility index (Phi) is 5.35. The fraction of sp³-hybridized carbons (Fsp3) is 0.381. The second-order valence-corrected chi connectivity index (χ2v) is 7.48. The Morgan fingerprint density at radius 3 is 2.90 bits per heavy atom. The van der Waals surface area contributed by atoms with Gasteiger partial charge in [0.25, 0.3) is 0 Å². The van der Waals surface area contributed by atoms with Gasteiger partial charge in [0.2, 0.25) is 5.95 Å². The van der Waals surface area contributed by atoms with Gasteiger partial charge in [-0.15, -0.1) is 0 Å². The molecule has 1 aliphatic rings. The van der Waals surface area contributed by atoms with Crippen LogP contribution in [-0.4, -0.2) is 63.9 Å². The van der Waals surface area contributed by atoms with Gasteiger partial charge in [-0.05, 0) is 38.2 Å². The third-order valence-electron chi connectivity index (χ3n) is 5.12. The molecule has 3 aromatic rings. The smallest absolute Gasteiger partial charge is 0.223 e. The third kappa shape index (κ3) is 4.02. The van der Waals surface area contributed by atoms with Crippen molar-refractivity contribution in [2.24, 2.45) is 0 Å². The van der Waals surface area contributed by atoms with Crippen molar-refractivity contribution in [3.05, 3.63) is 41.5 Å². The molecule has 0 spiro atoms. The van der Waals surface area contributed by atoms with Gasteiger partial charge >= 0.3 is 0 Å². The van der Waals surface area contributed by atoms with Crippen LogP contribution in [0.2, 0.25) is 0 Å². The summed E-state index contributed by atoms with van der Waals surface area (Å²) < 4.78 is 2.00. The van der Waals surface area contributed by atoms with Gasteiger partial charge < -0.3 is 20.5 Å². The Bertz CT molecular complexity index is 1000. The highest BCUT2D eigenvalue weighted by Crippen LogP contribution is 2.35. The van der Waals surface area contributed by atoms with Crippen LogP contribution in [0.25, 0.3) is 22.9 Å². The van der Waals surface area contributed by atoms with Crippen LogP contribution in [0.4, 0.5) is 11.8 Å². The van der Waals surface area contributed by atoms with E-state index in [9.17, 15) is 0 Å². The van der Waals surface area contributed by atoms with Crippen molar-refractivity contribution in [3.8, 4) is 11.3 Å². The number of likely N-dealkylation sites (N-methyl/N-ethyl adjacent to an activating group) is 1. The number of hydrogen-bond donors (Lipinski definition) is 3. The third-order valence-corrected chi connectivity index (χ3v) is 5.12. The van der Waals surface area contributed by atoms with Gasteiger partial charge in [0.1, 0.15) is 5.82 Å². The van der Waals surface area contributed by atoms with Crippen LogP contribution >= 0.6 is 0 Å². The zero-order chi connectivity index (χ0) is 20.4. The lowest BCUT2D eigenvalue weighted by molar-refractivity contribution is 0.373. The van der Waals surface area contributed by atoms with E-state index in [2.05, 4.69) is 74.9 Å². The first-order chi connectivity index (χ1) is 14.1. The Morgan fingerprint density at radius 1 is 1.28 bits per heavy atom. The average Bonchev–Trinajstić information content (AvgIpc) is 3.38. The van der Waals surface area contributed by atoms with Crippen molar-refractivity contribution in [2.75, 3.05) is 44.9 Å². The number of hydrogen-bond acceptors (Lipinski definition) is 6. The minimum absolute atomic E-state index is 0.643. The van der Waals surface area contributed by atoms with E-state index in [1.807, 2.05) is 24.1 Å². The summed E-state index contributed by atoms with van der Waals surface area (Å²) in [6.45, 7) is 4.71. The summed E-state index contributed by atoms with van der Waals surface area (Å²) >= 11 is 0. The van der Waals surface area contributed by atoms with Gasteiger partial charge in [-0.1, -0.05) is 6.92 Å². The minimum atomic E-state index is 0.643. The van der Waals surface area contributed by atoms with Crippen LogP contribution in [0.15, 0.2) is 24.7 Å². The van der Waals surface area contributed by atoms with Crippen LogP contribution in [0, 0.1) is 0 Å². The Labute approximate surface area is 171 Å². The lowest BCUT2D eigenvalue weighted by Gasteiger charge is -2.16. The molecule has 4 rings (SSSR count). The fourth-order valence-electron chi connectivity index (χ4n) is 3.42. The number of H-pyrrole nitrogens is 1. The van der Waals surface area contributed by atoms with Crippen LogP contribution < -0.4 is 10.6 Å². The normalized spacial score (nSPS) is 13.2. The molecule has 0 atom stereocenters. The Hall–Kier alpha value is -3.13. The SMILES string of the molecule is CCc1cc(-c2c[nH]c3c2C=C(c2cnn(CCN(C)C)c2)CN3)nc(NC)n1. The highest BCUT2D eigenvalue weighted by atomic mass is 15.3. The molecule has 0 aliphatic carbocycles. The highest BCUT2D eigenvalue weighted by Gasteiger charge is 2.19. The number of fused-ring (bicyclic) bond motifs is 1. The molecule has 4 heterocycles. The summed E-state index contributed by atoms with van der Waals surface area (Å²) in [6.07, 6.45) is 9.17. The number of nitrogens with zero attached hydrogens (tertiary/aromatic N) is 5. The summed E-state index contributed by atoms with van der Waals surface area (Å²) in [7, 11) is 5.99. The standard InChI is InChI=1S/C21H28N8/c1-5-16-9-19(27-21(22-2)26-16)18-12-24-20-17(18)8-14(10-23-20)15-11-25-29(13-15)7-6-28(3)4/h8-9,11-13,23-24H,5-7,10H2,1-4H3,(H,22,26,27). The quantitative estimate of drug-likeness (QED) is 0.573. The molecule has 0 saturated carbocycles. The van der Waals surface area contributed by atoms with E-state index >= 15 is 0 Å². The Balaban J connectivity index is 1.67. The fourth-order valence-corrected chi connectivity index (χ4v) is 3.42. The van der Waals surface area contributed by atoms with E-state index in [1.165, 1.54) is 5.57 Å². The van der Waals surface area contributed by atoms with Gasteiger partial charge in [-0.2, -0.15) is 5.10 Å². The number of anilines is 2. The highest BCUT2D eigenvalue weighted by molar-refractivity contribution is 5.94. The second-order valence-electron chi connectivity index (χ2n) is 7.48. The summed E-state index contributed by atoms with van der Waals surface area (Å²) in [5.74, 6) is 1.66. The monoisotopic (exact) mass is 392 g/mol. The molecule has 3 aromatic heterocycles. The van der Waals surface area contributed by atoms with Crippen molar-refractivity contribution in [2.45, 2.75) is 19.9 Å². The molecule has 8 heteroatoms. The number of nitrogens with one attached hydrogen (secondary N) is 3. The number of aromatic amines is 1. The number of rotatable bonds is 7. The summed E-state index contributed by atoms with van der Waals surface area (Å²) in [5.41, 5.74) is 6.48. The number of aryl methyl sites for hydroxylation is 1. The minimum Gasteiger partial charge on any atom is -0.367 e. The molecule has 0 radical (unpaired) electrons. The topological polar surface area (TPSA) is 86.7 Å². The van der Waals surface area contributed by atoms with Crippen molar-refractivity contribution in [1.82, 2.24) is 29.6 Å². The zero-order valence-electron chi connectivity index (χ0n) is 17.5. The summed E-state index contributed by atoms with van der Waals surface area (Å²) in [6, 6.07) is 2.06. The molecule has 0 unspecified atom stereocenters. The molecule has 3 N–H and O–H groups in total. The van der Waals surface area contributed by atoms with Gasteiger partial charge in [-0.25, -0.2) is 9.97 Å². The van der Waals surface area contributed by atoms with Crippen molar-refractivity contribution in [1.29, 1.82) is 0 Å². The lowest BCUT2D eigenvalue weighted by Crippen LogP contribution is -2.18. The molecule has 0 fully saturated rings. The molecule has 8 nitrogen and oxygen atoms in total. The second kappa shape index (κ2) is 8.08. The van der Waals surface area contributed by atoms with E-state index in [0.29, 0.717) is 5.95 Å². The maximum atomic E-state index is 4.67. The van der Waals surface area contributed by atoms with Crippen LogP contribution in [0.5, 0.6) is 0 Å². The van der Waals surface area contributed by atoms with E-state index in [-0.39, 0.29) is 0 Å². The first kappa shape index (κ1) is 19.2. The molecule has 1 aliphatic heterocycles. The van der Waals surface area contributed by atoms with Crippen molar-refractivity contribution >= 4 is 23.4 Å². The van der Waals surface area contributed by atoms with Crippen LogP contribution in [0.3, 0.4) is 0 Å². The van der Waals surface area contributed by atoms with Crippen LogP contribution in [0.1, 0.15) is 23.7 Å². The predicted molar refractivity (Wildman–Crippen MR) is 118 cm³/mol. The van der Waals surface area contributed by atoms with Crippen molar-refractivity contribution in [3.63, 3.8) is 0 Å². The lowest BCUT2D eigenvalue weighted by atomic mass is 10.00. The molecular formula is C21H28N8. The van der Waals surface area contributed by atoms with Gasteiger partial charge in [0.05, 0.1) is 18.4 Å². The van der Waals surface area contributed by atoms with E-state index in [0.717, 1.165) is 60.0 Å². The largest absolute Gasteiger partial charge is 0.367 e. The predicted octanol–water partition coefficient (Wildman–Crippen LogP) is 2.80. The maximum absolute atomic E-state index is 4.67. The molecule has 29 heavy (non-hydrogen) atoms. The molecule has 152 valence electrons. The van der Waals surface area contributed by atoms with E-state index in [1.54, 1.807) is 0 Å². The van der Waals surface area contributed by atoms with Gasteiger partial charge in [-0.3, -0.25) is 4.68 Å². The zero-order valence-corrected chi connectivity index (χ0v) is 17.5. The Morgan fingerprint density at radius 2 is 2.14 bits per heavy atom.